The maximum atomic E-state index is 17.1. The van der Waals surface area contributed by atoms with Gasteiger partial charge in [-0.2, -0.15) is 5.26 Å². The van der Waals surface area contributed by atoms with E-state index in [1.165, 1.54) is 6.20 Å². The van der Waals surface area contributed by atoms with E-state index in [2.05, 4.69) is 11.1 Å². The average Bonchev–Trinajstić information content (AvgIpc) is 3.48. The highest BCUT2D eigenvalue weighted by Crippen LogP contribution is 2.52. The maximum Gasteiger partial charge on any atom is 0.330 e. The van der Waals surface area contributed by atoms with Crippen LogP contribution in [-0.2, 0) is 24.1 Å². The number of aromatic amines is 1. The van der Waals surface area contributed by atoms with Gasteiger partial charge in [-0.15, -0.1) is 0 Å². The Morgan fingerprint density at radius 1 is 0.889 bits per heavy atom. The van der Waals surface area contributed by atoms with Gasteiger partial charge >= 0.3 is 5.69 Å². The predicted octanol–water partition coefficient (Wildman–Crippen LogP) is 6.85. The summed E-state index contributed by atoms with van der Waals surface area (Å²) in [5, 5.41) is 9.29. The number of H-pyrrole nitrogens is 1. The van der Waals surface area contributed by atoms with Crippen LogP contribution >= 0.6 is 8.53 Å². The molecule has 3 aromatic carbocycles. The van der Waals surface area contributed by atoms with Crippen LogP contribution in [0.15, 0.2) is 101 Å². The lowest BCUT2D eigenvalue weighted by atomic mass is 9.79. The Kier molecular flexibility index (Phi) is 13.8. The molecule has 0 aliphatic carbocycles. The number of nitrogens with one attached hydrogen (secondary N) is 1. The number of halogens is 1. The first-order valence-corrected chi connectivity index (χ1v) is 19.0. The van der Waals surface area contributed by atoms with Crippen molar-refractivity contribution >= 4 is 8.53 Å². The zero-order chi connectivity index (χ0) is 39.0. The summed E-state index contributed by atoms with van der Waals surface area (Å²) in [6.07, 6.45) is -5.44. The van der Waals surface area contributed by atoms with Crippen LogP contribution in [0.4, 0.5) is 4.39 Å². The number of benzene rings is 3. The molecule has 2 unspecified atom stereocenters. The van der Waals surface area contributed by atoms with Crippen LogP contribution in [-0.4, -0.2) is 71.6 Å². The molecule has 4 aromatic rings. The van der Waals surface area contributed by atoms with E-state index in [1.54, 1.807) is 21.1 Å². The average molecular weight is 763 g/mol. The Labute approximate surface area is 316 Å². The second kappa shape index (κ2) is 18.3. The number of rotatable bonds is 17. The van der Waals surface area contributed by atoms with Crippen LogP contribution in [0.5, 0.6) is 11.5 Å². The lowest BCUT2D eigenvalue weighted by molar-refractivity contribution is -0.135. The van der Waals surface area contributed by atoms with Gasteiger partial charge in [0, 0.05) is 24.3 Å². The third-order valence-electron chi connectivity index (χ3n) is 9.20. The highest BCUT2D eigenvalue weighted by Gasteiger charge is 2.53. The molecule has 0 spiro atoms. The second-order valence-corrected chi connectivity index (χ2v) is 14.8. The van der Waals surface area contributed by atoms with Crippen molar-refractivity contribution in [3.63, 3.8) is 0 Å². The van der Waals surface area contributed by atoms with E-state index in [9.17, 15) is 14.9 Å². The Morgan fingerprint density at radius 2 is 1.44 bits per heavy atom. The summed E-state index contributed by atoms with van der Waals surface area (Å²) in [6.45, 7) is 9.76. The summed E-state index contributed by atoms with van der Waals surface area (Å²) < 4.78 is 57.7. The summed E-state index contributed by atoms with van der Waals surface area (Å²) in [5.74, 6) is 1.30. The monoisotopic (exact) mass is 762 g/mol. The lowest BCUT2D eigenvalue weighted by Gasteiger charge is -2.41. The number of methoxy groups -OCH3 is 2. The Bertz CT molecular complexity index is 1900. The number of hydrogen-bond acceptors (Lipinski definition) is 10. The Hall–Kier alpha value is -4.41. The molecule has 12 nitrogen and oxygen atoms in total. The van der Waals surface area contributed by atoms with Gasteiger partial charge in [-0.25, -0.2) is 13.9 Å². The molecule has 1 fully saturated rings. The van der Waals surface area contributed by atoms with Gasteiger partial charge in [-0.3, -0.25) is 14.3 Å². The third kappa shape index (κ3) is 8.76. The first-order chi connectivity index (χ1) is 25.9. The summed E-state index contributed by atoms with van der Waals surface area (Å²) in [4.78, 5) is 27.2. The number of aromatic nitrogens is 2. The van der Waals surface area contributed by atoms with Gasteiger partial charge in [0.15, 0.2) is 12.4 Å². The van der Waals surface area contributed by atoms with Gasteiger partial charge in [0.25, 0.3) is 14.1 Å². The van der Waals surface area contributed by atoms with E-state index in [1.807, 2.05) is 111 Å². The Morgan fingerprint density at radius 3 is 1.94 bits per heavy atom. The van der Waals surface area contributed by atoms with Crippen LogP contribution in [0.3, 0.4) is 0 Å². The number of nitrogens with zero attached hydrogens (tertiary/aromatic N) is 3. The van der Waals surface area contributed by atoms with Crippen molar-refractivity contribution in [2.45, 2.75) is 89.4 Å². The van der Waals surface area contributed by atoms with Crippen molar-refractivity contribution in [2.24, 2.45) is 0 Å². The lowest BCUT2D eigenvalue weighted by Crippen LogP contribution is -2.45. The minimum Gasteiger partial charge on any atom is -0.497 e. The minimum atomic E-state index is -1.95. The molecule has 5 rings (SSSR count). The summed E-state index contributed by atoms with van der Waals surface area (Å²) >= 11 is 0. The molecule has 1 aromatic heterocycles. The largest absolute Gasteiger partial charge is 0.497 e. The van der Waals surface area contributed by atoms with E-state index in [0.29, 0.717) is 11.5 Å². The first kappa shape index (κ1) is 40.8. The molecular formula is C40H48FN4O8P. The standard InChI is InChI=1S/C40H48FN4O8P/c1-26(2)45(27(3)4)54(50-25-11-23-42)53-37-35(41)38(44-24-22-34(46)43-39(44)47)51-36(37)28(5)52-40(29-12-9-8-10-13-29,30-14-18-32(48-6)19-15-30)31-16-20-33(49-7)21-17-31/h8-10,12-22,24,26-28,35-38H,11,25H2,1-7H3,(H,43,46,47)/t28-,35-,36?,37+,38-,54?/m1/s1. The fourth-order valence-electron chi connectivity index (χ4n) is 6.77. The van der Waals surface area contributed by atoms with E-state index < -0.39 is 56.1 Å². The number of ether oxygens (including phenoxy) is 4. The van der Waals surface area contributed by atoms with Crippen LogP contribution < -0.4 is 20.7 Å². The highest BCUT2D eigenvalue weighted by molar-refractivity contribution is 7.44. The minimum absolute atomic E-state index is 0.0637. The van der Waals surface area contributed by atoms with Crippen molar-refractivity contribution in [1.29, 1.82) is 5.26 Å². The molecule has 0 saturated carbocycles. The third-order valence-corrected chi connectivity index (χ3v) is 11.3. The topological polar surface area (TPSA) is 137 Å². The van der Waals surface area contributed by atoms with E-state index in [4.69, 9.17) is 28.0 Å². The normalized spacial score (nSPS) is 19.9. The SMILES string of the molecule is COc1ccc(C(O[C@H](C)C2O[C@@H](n3ccc(=O)[nH]c3=O)[C@H](F)[C@@H]2OP(OCCC#N)N(C(C)C)C(C)C)(c2ccccc2)c2ccc(OC)cc2)cc1. The summed E-state index contributed by atoms with van der Waals surface area (Å²) in [5.41, 5.74) is -0.476. The molecule has 1 N–H and O–H groups in total. The van der Waals surface area contributed by atoms with Gasteiger partial charge in [0.1, 0.15) is 29.3 Å². The number of hydrogen-bond donors (Lipinski definition) is 1. The van der Waals surface area contributed by atoms with Crippen molar-refractivity contribution in [3.05, 3.63) is 129 Å². The summed E-state index contributed by atoms with van der Waals surface area (Å²) in [7, 11) is 1.24. The van der Waals surface area contributed by atoms with E-state index in [0.717, 1.165) is 27.3 Å². The van der Waals surface area contributed by atoms with Gasteiger partial charge in [0.2, 0.25) is 0 Å². The van der Waals surface area contributed by atoms with E-state index in [-0.39, 0.29) is 25.1 Å². The fourth-order valence-corrected chi connectivity index (χ4v) is 8.52. The van der Waals surface area contributed by atoms with Crippen LogP contribution in [0, 0.1) is 11.3 Å². The molecule has 0 bridgehead atoms. The highest BCUT2D eigenvalue weighted by atomic mass is 31.2. The molecule has 14 heteroatoms. The molecule has 288 valence electrons. The second-order valence-electron chi connectivity index (χ2n) is 13.4. The van der Waals surface area contributed by atoms with Crippen molar-refractivity contribution in [2.75, 3.05) is 20.8 Å². The molecule has 0 radical (unpaired) electrons. The predicted molar refractivity (Wildman–Crippen MR) is 203 cm³/mol. The molecule has 1 aliphatic heterocycles. The first-order valence-electron chi connectivity index (χ1n) is 17.8. The van der Waals surface area contributed by atoms with Gasteiger partial charge < -0.3 is 28.0 Å². The Balaban J connectivity index is 1.66. The van der Waals surface area contributed by atoms with Crippen LogP contribution in [0.1, 0.15) is 64.0 Å². The van der Waals surface area contributed by atoms with Gasteiger partial charge in [-0.05, 0) is 75.6 Å². The zero-order valence-corrected chi connectivity index (χ0v) is 32.4. The molecule has 0 amide bonds. The molecule has 2 heterocycles. The van der Waals surface area contributed by atoms with Crippen LogP contribution in [0.2, 0.25) is 0 Å². The van der Waals surface area contributed by atoms with Gasteiger partial charge in [0.05, 0.1) is 39.4 Å². The van der Waals surface area contributed by atoms with Crippen molar-refractivity contribution in [1.82, 2.24) is 14.2 Å². The number of nitriles is 1. The summed E-state index contributed by atoms with van der Waals surface area (Å²) in [6, 6.07) is 27.8. The smallest absolute Gasteiger partial charge is 0.330 e. The maximum absolute atomic E-state index is 17.1. The van der Waals surface area contributed by atoms with Crippen molar-refractivity contribution < 1.29 is 32.4 Å². The molecule has 1 saturated heterocycles. The van der Waals surface area contributed by atoms with Crippen molar-refractivity contribution in [3.8, 4) is 17.6 Å². The van der Waals surface area contributed by atoms with Crippen LogP contribution in [0.25, 0.3) is 0 Å². The zero-order valence-electron chi connectivity index (χ0n) is 31.5. The molecule has 54 heavy (non-hydrogen) atoms. The fraction of sp³-hybridized carbons (Fsp3) is 0.425. The number of alkyl halides is 1. The molecule has 6 atom stereocenters. The van der Waals surface area contributed by atoms with Gasteiger partial charge in [-0.1, -0.05) is 54.6 Å². The molecule has 1 aliphatic rings. The quantitative estimate of drug-likeness (QED) is 0.0691. The molecular weight excluding hydrogens is 714 g/mol. The van der Waals surface area contributed by atoms with E-state index >= 15 is 4.39 Å².